The number of anilines is 3. The van der Waals surface area contributed by atoms with Gasteiger partial charge in [-0.25, -0.2) is 4.98 Å². The Morgan fingerprint density at radius 1 is 1.18 bits per heavy atom. The molecule has 0 amide bonds. The number of ether oxygens (including phenoxy) is 1. The normalized spacial score (nSPS) is 14.5. The monoisotopic (exact) mass is 382 g/mol. The molecule has 2 aromatic heterocycles. The lowest BCUT2D eigenvalue weighted by Crippen LogP contribution is -2.21. The molecule has 9 nitrogen and oxygen atoms in total. The fraction of sp³-hybridized carbons (Fsp3) is 0.474. The summed E-state index contributed by atoms with van der Waals surface area (Å²) in [6.07, 6.45) is 3.61. The number of aryl methyl sites for hydroxylation is 1. The molecule has 3 heterocycles. The average Bonchev–Trinajstić information content (AvgIpc) is 3.36. The maximum absolute atomic E-state index is 6.05. The van der Waals surface area contributed by atoms with Crippen molar-refractivity contribution in [2.45, 2.75) is 26.2 Å². The molecule has 0 radical (unpaired) electrons. The molecule has 1 aromatic carbocycles. The molecule has 1 aliphatic rings. The highest BCUT2D eigenvalue weighted by Crippen LogP contribution is 2.29. The standard InChI is InChI=1S/C19H26N8O/c1-13-10-17(20-2)23-19(21-13)22-14-11-15-18(25-26-24-15)16(12-14)28-9-5-8-27-6-3-4-7-27/h10-12H,3-9H2,1-2H3,(H,24,25,26)(H2,20,21,22,23). The maximum Gasteiger partial charge on any atom is 0.229 e. The number of nitrogens with zero attached hydrogens (tertiary/aromatic N) is 5. The molecule has 0 unspecified atom stereocenters. The van der Waals surface area contributed by atoms with Crippen LogP contribution in [0.2, 0.25) is 0 Å². The molecule has 0 bridgehead atoms. The Bertz CT molecular complexity index is 935. The third-order valence-electron chi connectivity index (χ3n) is 4.84. The lowest BCUT2D eigenvalue weighted by atomic mass is 10.2. The van der Waals surface area contributed by atoms with E-state index in [1.807, 2.05) is 32.2 Å². The summed E-state index contributed by atoms with van der Waals surface area (Å²) < 4.78 is 6.05. The number of hydrogen-bond donors (Lipinski definition) is 3. The molecular weight excluding hydrogens is 356 g/mol. The molecule has 1 aliphatic heterocycles. The van der Waals surface area contributed by atoms with Gasteiger partial charge in [0.05, 0.1) is 6.61 Å². The largest absolute Gasteiger partial charge is 0.491 e. The highest BCUT2D eigenvalue weighted by atomic mass is 16.5. The predicted molar refractivity (Wildman–Crippen MR) is 109 cm³/mol. The van der Waals surface area contributed by atoms with E-state index >= 15 is 0 Å². The molecular formula is C19H26N8O. The van der Waals surface area contributed by atoms with Gasteiger partial charge < -0.3 is 20.3 Å². The van der Waals surface area contributed by atoms with E-state index in [-0.39, 0.29) is 0 Å². The minimum Gasteiger partial charge on any atom is -0.491 e. The lowest BCUT2D eigenvalue weighted by Gasteiger charge is -2.15. The fourth-order valence-electron chi connectivity index (χ4n) is 3.47. The molecule has 148 valence electrons. The highest BCUT2D eigenvalue weighted by Gasteiger charge is 2.13. The van der Waals surface area contributed by atoms with Gasteiger partial charge in [0.25, 0.3) is 0 Å². The van der Waals surface area contributed by atoms with E-state index in [2.05, 4.69) is 40.9 Å². The van der Waals surface area contributed by atoms with Crippen LogP contribution in [-0.4, -0.2) is 63.6 Å². The molecule has 4 rings (SSSR count). The topological polar surface area (TPSA) is 104 Å². The third-order valence-corrected chi connectivity index (χ3v) is 4.84. The van der Waals surface area contributed by atoms with E-state index in [1.54, 1.807) is 0 Å². The number of aromatic nitrogens is 5. The third kappa shape index (κ3) is 4.30. The Hall–Kier alpha value is -2.94. The fourth-order valence-corrected chi connectivity index (χ4v) is 3.47. The van der Waals surface area contributed by atoms with E-state index in [0.717, 1.165) is 46.9 Å². The predicted octanol–water partition coefficient (Wildman–Crippen LogP) is 2.71. The van der Waals surface area contributed by atoms with Crippen molar-refractivity contribution in [1.29, 1.82) is 0 Å². The number of benzene rings is 1. The number of hydrogen-bond acceptors (Lipinski definition) is 8. The van der Waals surface area contributed by atoms with Gasteiger partial charge in [0, 0.05) is 37.1 Å². The van der Waals surface area contributed by atoms with Crippen molar-refractivity contribution in [1.82, 2.24) is 30.3 Å². The van der Waals surface area contributed by atoms with Crippen molar-refractivity contribution in [3.63, 3.8) is 0 Å². The van der Waals surface area contributed by atoms with Crippen LogP contribution in [0.3, 0.4) is 0 Å². The summed E-state index contributed by atoms with van der Waals surface area (Å²) in [5.74, 6) is 2.01. The van der Waals surface area contributed by atoms with Crippen molar-refractivity contribution >= 4 is 28.5 Å². The van der Waals surface area contributed by atoms with Crippen LogP contribution in [0.4, 0.5) is 17.5 Å². The Balaban J connectivity index is 1.47. The summed E-state index contributed by atoms with van der Waals surface area (Å²) in [4.78, 5) is 11.4. The van der Waals surface area contributed by atoms with Gasteiger partial charge in [0.2, 0.25) is 5.95 Å². The second-order valence-electron chi connectivity index (χ2n) is 7.02. The summed E-state index contributed by atoms with van der Waals surface area (Å²) >= 11 is 0. The quantitative estimate of drug-likeness (QED) is 0.511. The average molecular weight is 382 g/mol. The SMILES string of the molecule is CNc1cc(C)nc(Nc2cc(OCCCN3CCCC3)c3[nH]nnc3c2)n1. The summed E-state index contributed by atoms with van der Waals surface area (Å²) in [5, 5.41) is 17.3. The number of likely N-dealkylation sites (tertiary alicyclic amines) is 1. The van der Waals surface area contributed by atoms with Gasteiger partial charge in [-0.15, -0.1) is 5.10 Å². The first-order valence-corrected chi connectivity index (χ1v) is 9.72. The van der Waals surface area contributed by atoms with Crippen molar-refractivity contribution in [3.8, 4) is 5.75 Å². The minimum atomic E-state index is 0.521. The van der Waals surface area contributed by atoms with E-state index in [0.29, 0.717) is 12.6 Å². The van der Waals surface area contributed by atoms with Crippen LogP contribution in [-0.2, 0) is 0 Å². The van der Waals surface area contributed by atoms with Crippen LogP contribution in [0.1, 0.15) is 25.0 Å². The summed E-state index contributed by atoms with van der Waals surface area (Å²) in [6.45, 7) is 6.08. The van der Waals surface area contributed by atoms with Crippen LogP contribution in [0.5, 0.6) is 5.75 Å². The van der Waals surface area contributed by atoms with Gasteiger partial charge in [-0.05, 0) is 45.3 Å². The van der Waals surface area contributed by atoms with Crippen molar-refractivity contribution in [2.75, 3.05) is 43.9 Å². The van der Waals surface area contributed by atoms with Crippen LogP contribution in [0.25, 0.3) is 11.0 Å². The number of rotatable bonds is 8. The highest BCUT2D eigenvalue weighted by molar-refractivity contribution is 5.85. The Morgan fingerprint density at radius 2 is 2.04 bits per heavy atom. The molecule has 0 saturated carbocycles. The van der Waals surface area contributed by atoms with E-state index in [1.165, 1.54) is 25.9 Å². The molecule has 3 N–H and O–H groups in total. The van der Waals surface area contributed by atoms with E-state index in [9.17, 15) is 0 Å². The minimum absolute atomic E-state index is 0.521. The van der Waals surface area contributed by atoms with E-state index in [4.69, 9.17) is 4.74 Å². The summed E-state index contributed by atoms with van der Waals surface area (Å²) in [7, 11) is 1.83. The zero-order valence-corrected chi connectivity index (χ0v) is 16.3. The van der Waals surface area contributed by atoms with Crippen molar-refractivity contribution in [3.05, 3.63) is 23.9 Å². The van der Waals surface area contributed by atoms with Crippen LogP contribution in [0.15, 0.2) is 18.2 Å². The zero-order valence-electron chi connectivity index (χ0n) is 16.3. The van der Waals surface area contributed by atoms with E-state index < -0.39 is 0 Å². The Morgan fingerprint density at radius 3 is 2.86 bits per heavy atom. The second-order valence-corrected chi connectivity index (χ2v) is 7.02. The first kappa shape index (κ1) is 18.4. The first-order valence-electron chi connectivity index (χ1n) is 9.72. The molecule has 0 atom stereocenters. The Labute approximate surface area is 163 Å². The zero-order chi connectivity index (χ0) is 19.3. The number of fused-ring (bicyclic) bond motifs is 1. The van der Waals surface area contributed by atoms with Gasteiger partial charge >= 0.3 is 0 Å². The molecule has 1 fully saturated rings. The van der Waals surface area contributed by atoms with Crippen LogP contribution < -0.4 is 15.4 Å². The van der Waals surface area contributed by atoms with Gasteiger partial charge in [-0.3, -0.25) is 5.10 Å². The molecule has 1 saturated heterocycles. The number of aromatic amines is 1. The Kier molecular flexibility index (Phi) is 5.52. The smallest absolute Gasteiger partial charge is 0.229 e. The molecule has 0 spiro atoms. The number of nitrogens with one attached hydrogen (secondary N) is 3. The molecule has 3 aromatic rings. The molecule has 9 heteroatoms. The van der Waals surface area contributed by atoms with Gasteiger partial charge in [0.15, 0.2) is 0 Å². The van der Waals surface area contributed by atoms with Crippen molar-refractivity contribution in [2.24, 2.45) is 0 Å². The van der Waals surface area contributed by atoms with Gasteiger partial charge in [-0.1, -0.05) is 5.21 Å². The summed E-state index contributed by atoms with van der Waals surface area (Å²) in [5.41, 5.74) is 3.22. The maximum atomic E-state index is 6.05. The summed E-state index contributed by atoms with van der Waals surface area (Å²) in [6, 6.07) is 5.73. The first-order chi connectivity index (χ1) is 13.7. The van der Waals surface area contributed by atoms with Gasteiger partial charge in [-0.2, -0.15) is 4.98 Å². The van der Waals surface area contributed by atoms with Gasteiger partial charge in [0.1, 0.15) is 22.6 Å². The second kappa shape index (κ2) is 8.39. The van der Waals surface area contributed by atoms with Crippen LogP contribution in [0, 0.1) is 6.92 Å². The lowest BCUT2D eigenvalue weighted by molar-refractivity contribution is 0.265. The van der Waals surface area contributed by atoms with Crippen LogP contribution >= 0.6 is 0 Å². The molecule has 0 aliphatic carbocycles. The van der Waals surface area contributed by atoms with Crippen molar-refractivity contribution < 1.29 is 4.74 Å². The molecule has 28 heavy (non-hydrogen) atoms. The number of H-pyrrole nitrogens is 1.